The molecule has 2 aliphatic rings. The molecular weight excluding hydrogens is 266 g/mol. The second-order valence-electron chi connectivity index (χ2n) is 4.97. The van der Waals surface area contributed by atoms with Crippen molar-refractivity contribution in [3.8, 4) is 0 Å². The number of hydrogen-bond donors (Lipinski definition) is 1. The minimum absolute atomic E-state index is 1.03. The van der Waals surface area contributed by atoms with E-state index in [-0.39, 0.29) is 0 Å². The van der Waals surface area contributed by atoms with Gasteiger partial charge in [0.1, 0.15) is 0 Å². The maximum Gasteiger partial charge on any atom is 0.0655 e. The number of nitrogens with zero attached hydrogens (tertiary/aromatic N) is 2. The first-order chi connectivity index (χ1) is 9.72. The van der Waals surface area contributed by atoms with Crippen LogP contribution in [-0.4, -0.2) is 38.1 Å². The van der Waals surface area contributed by atoms with E-state index in [1.54, 1.807) is 11.8 Å². The molecule has 1 aromatic rings. The van der Waals surface area contributed by atoms with E-state index in [4.69, 9.17) is 0 Å². The highest BCUT2D eigenvalue weighted by molar-refractivity contribution is 8.02. The van der Waals surface area contributed by atoms with Crippen LogP contribution < -0.4 is 10.2 Å². The summed E-state index contributed by atoms with van der Waals surface area (Å²) in [6.45, 7) is 12.5. The average Bonchev–Trinajstić information content (AvgIpc) is 2.49. The molecular formula is C16H25N3S. The SMILES string of the molecule is C=C1Nc2ccc(N3CCN(C)CC3)cc2CS1.CC. The van der Waals surface area contributed by atoms with E-state index >= 15 is 0 Å². The summed E-state index contributed by atoms with van der Waals surface area (Å²) in [5.41, 5.74) is 3.97. The lowest BCUT2D eigenvalue weighted by atomic mass is 10.1. The third kappa shape index (κ3) is 3.49. The number of anilines is 2. The van der Waals surface area contributed by atoms with E-state index < -0.39 is 0 Å². The van der Waals surface area contributed by atoms with Crippen molar-refractivity contribution in [3.05, 3.63) is 35.4 Å². The molecule has 2 aliphatic heterocycles. The van der Waals surface area contributed by atoms with Crippen molar-refractivity contribution in [1.29, 1.82) is 0 Å². The van der Waals surface area contributed by atoms with Crippen LogP contribution in [0.1, 0.15) is 19.4 Å². The molecule has 2 heterocycles. The average molecular weight is 291 g/mol. The van der Waals surface area contributed by atoms with Gasteiger partial charge < -0.3 is 15.1 Å². The molecule has 0 unspecified atom stereocenters. The molecule has 3 nitrogen and oxygen atoms in total. The normalized spacial score (nSPS) is 18.8. The van der Waals surface area contributed by atoms with E-state index in [0.29, 0.717) is 0 Å². The van der Waals surface area contributed by atoms with Crippen LogP contribution in [0.4, 0.5) is 11.4 Å². The van der Waals surface area contributed by atoms with Gasteiger partial charge in [0.05, 0.1) is 5.03 Å². The molecule has 0 spiro atoms. The van der Waals surface area contributed by atoms with Crippen LogP contribution >= 0.6 is 11.8 Å². The van der Waals surface area contributed by atoms with Crippen LogP contribution in [-0.2, 0) is 5.75 Å². The first-order valence-electron chi connectivity index (χ1n) is 7.37. The molecule has 0 atom stereocenters. The molecule has 3 rings (SSSR count). The zero-order valence-electron chi connectivity index (χ0n) is 12.8. The number of benzene rings is 1. The molecule has 0 radical (unpaired) electrons. The first kappa shape index (κ1) is 15.3. The predicted octanol–water partition coefficient (Wildman–Crippen LogP) is 3.59. The number of rotatable bonds is 1. The monoisotopic (exact) mass is 291 g/mol. The van der Waals surface area contributed by atoms with Gasteiger partial charge in [0.15, 0.2) is 0 Å². The number of hydrogen-bond acceptors (Lipinski definition) is 4. The smallest absolute Gasteiger partial charge is 0.0655 e. The van der Waals surface area contributed by atoms with Crippen molar-refractivity contribution in [2.24, 2.45) is 0 Å². The molecule has 1 saturated heterocycles. The number of likely N-dealkylation sites (N-methyl/N-ethyl adjacent to an activating group) is 1. The lowest BCUT2D eigenvalue weighted by Gasteiger charge is -2.34. The minimum Gasteiger partial charge on any atom is -0.369 e. The number of thioether (sulfide) groups is 1. The Morgan fingerprint density at radius 1 is 1.15 bits per heavy atom. The fourth-order valence-corrected chi connectivity index (χ4v) is 3.18. The zero-order valence-corrected chi connectivity index (χ0v) is 13.6. The molecule has 1 fully saturated rings. The number of fused-ring (bicyclic) bond motifs is 1. The highest BCUT2D eigenvalue weighted by Gasteiger charge is 2.17. The van der Waals surface area contributed by atoms with Crippen LogP contribution in [0.2, 0.25) is 0 Å². The van der Waals surface area contributed by atoms with E-state index in [9.17, 15) is 0 Å². The van der Waals surface area contributed by atoms with Crippen LogP contribution in [0, 0.1) is 0 Å². The molecule has 4 heteroatoms. The standard InChI is InChI=1S/C14H19N3S.C2H6/c1-11-15-14-4-3-13(9-12(14)10-18-11)17-7-5-16(2)6-8-17;1-2/h3-4,9,15H,1,5-8,10H2,2H3;1-2H3. The van der Waals surface area contributed by atoms with Gasteiger partial charge in [0.2, 0.25) is 0 Å². The van der Waals surface area contributed by atoms with Gasteiger partial charge in [0, 0.05) is 43.3 Å². The molecule has 20 heavy (non-hydrogen) atoms. The van der Waals surface area contributed by atoms with Crippen molar-refractivity contribution in [3.63, 3.8) is 0 Å². The fourth-order valence-electron chi connectivity index (χ4n) is 2.43. The summed E-state index contributed by atoms with van der Waals surface area (Å²) in [5.74, 6) is 1.03. The molecule has 1 aromatic carbocycles. The summed E-state index contributed by atoms with van der Waals surface area (Å²) in [5, 5.41) is 4.39. The van der Waals surface area contributed by atoms with Gasteiger partial charge in [-0.15, -0.1) is 11.8 Å². The minimum atomic E-state index is 1.03. The zero-order chi connectivity index (χ0) is 14.5. The van der Waals surface area contributed by atoms with Crippen molar-refractivity contribution >= 4 is 23.1 Å². The Balaban J connectivity index is 0.000000704. The van der Waals surface area contributed by atoms with Crippen molar-refractivity contribution in [2.45, 2.75) is 19.6 Å². The first-order valence-corrected chi connectivity index (χ1v) is 8.36. The summed E-state index contributed by atoms with van der Waals surface area (Å²) in [6.07, 6.45) is 0. The maximum atomic E-state index is 3.97. The Hall–Kier alpha value is -1.13. The largest absolute Gasteiger partial charge is 0.369 e. The van der Waals surface area contributed by atoms with Crippen LogP contribution in [0.25, 0.3) is 0 Å². The second kappa shape index (κ2) is 7.04. The predicted molar refractivity (Wildman–Crippen MR) is 91.6 cm³/mol. The molecule has 0 saturated carbocycles. The highest BCUT2D eigenvalue weighted by atomic mass is 32.2. The second-order valence-corrected chi connectivity index (χ2v) is 6.04. The molecule has 110 valence electrons. The van der Waals surface area contributed by atoms with Crippen molar-refractivity contribution in [1.82, 2.24) is 4.90 Å². The Labute approximate surface area is 127 Å². The van der Waals surface area contributed by atoms with Gasteiger partial charge in [-0.3, -0.25) is 0 Å². The molecule has 1 N–H and O–H groups in total. The van der Waals surface area contributed by atoms with E-state index in [1.165, 1.54) is 16.9 Å². The van der Waals surface area contributed by atoms with Gasteiger partial charge in [0.25, 0.3) is 0 Å². The fraction of sp³-hybridized carbons (Fsp3) is 0.500. The number of piperazine rings is 1. The summed E-state index contributed by atoms with van der Waals surface area (Å²) in [4.78, 5) is 4.87. The van der Waals surface area contributed by atoms with Gasteiger partial charge in [-0.25, -0.2) is 0 Å². The third-order valence-electron chi connectivity index (χ3n) is 3.63. The Morgan fingerprint density at radius 3 is 2.55 bits per heavy atom. The summed E-state index contributed by atoms with van der Waals surface area (Å²) >= 11 is 1.78. The summed E-state index contributed by atoms with van der Waals surface area (Å²) in [6, 6.07) is 6.74. The topological polar surface area (TPSA) is 18.5 Å². The quantitative estimate of drug-likeness (QED) is 0.852. The molecule has 0 bridgehead atoms. The Bertz CT molecular complexity index is 465. The molecule has 0 aromatic heterocycles. The van der Waals surface area contributed by atoms with Gasteiger partial charge >= 0.3 is 0 Å². The third-order valence-corrected chi connectivity index (χ3v) is 4.54. The summed E-state index contributed by atoms with van der Waals surface area (Å²) < 4.78 is 0. The lowest BCUT2D eigenvalue weighted by molar-refractivity contribution is 0.313. The van der Waals surface area contributed by atoms with Crippen LogP contribution in [0.15, 0.2) is 29.8 Å². The Morgan fingerprint density at radius 2 is 1.85 bits per heavy atom. The number of nitrogens with one attached hydrogen (secondary N) is 1. The van der Waals surface area contributed by atoms with Gasteiger partial charge in [-0.2, -0.15) is 0 Å². The van der Waals surface area contributed by atoms with Gasteiger partial charge in [-0.1, -0.05) is 20.4 Å². The lowest BCUT2D eigenvalue weighted by Crippen LogP contribution is -2.44. The van der Waals surface area contributed by atoms with E-state index in [0.717, 1.165) is 37.0 Å². The van der Waals surface area contributed by atoms with Crippen LogP contribution in [0.5, 0.6) is 0 Å². The van der Waals surface area contributed by atoms with Crippen molar-refractivity contribution < 1.29 is 0 Å². The van der Waals surface area contributed by atoms with E-state index in [1.807, 2.05) is 13.8 Å². The maximum absolute atomic E-state index is 3.97. The molecule has 0 aliphatic carbocycles. The van der Waals surface area contributed by atoms with Gasteiger partial charge in [-0.05, 0) is 30.8 Å². The van der Waals surface area contributed by atoms with Crippen molar-refractivity contribution in [2.75, 3.05) is 43.4 Å². The van der Waals surface area contributed by atoms with E-state index in [2.05, 4.69) is 46.9 Å². The highest BCUT2D eigenvalue weighted by Crippen LogP contribution is 2.35. The summed E-state index contributed by atoms with van der Waals surface area (Å²) in [7, 11) is 2.19. The molecule has 0 amide bonds. The Kier molecular flexibility index (Phi) is 5.38. The van der Waals surface area contributed by atoms with Crippen LogP contribution in [0.3, 0.4) is 0 Å².